The number of unbranched alkanes of at least 4 members (excludes halogenated alkanes) is 11. The first-order valence-corrected chi connectivity index (χ1v) is 21.9. The quantitative estimate of drug-likeness (QED) is 0.0924. The van der Waals surface area contributed by atoms with Crippen LogP contribution in [0.15, 0.2) is 48.5 Å². The van der Waals surface area contributed by atoms with Crippen molar-refractivity contribution in [2.75, 3.05) is 11.5 Å². The number of rotatable bonds is 22. The number of anilines is 2. The summed E-state index contributed by atoms with van der Waals surface area (Å²) in [5, 5.41) is 0. The molecule has 2 rings (SSSR count). The molecule has 244 valence electrons. The van der Waals surface area contributed by atoms with Gasteiger partial charge in [0.25, 0.3) is 0 Å². The number of hydrogen-bond acceptors (Lipinski definition) is 8. The summed E-state index contributed by atoms with van der Waals surface area (Å²) in [6.07, 6.45) is 14.0. The van der Waals surface area contributed by atoms with Gasteiger partial charge >= 0.3 is 222 Å². The van der Waals surface area contributed by atoms with Crippen molar-refractivity contribution < 1.29 is 42.5 Å². The standard InChI is InChI=1S/C18H36O2.2C7H6NO.C3H7O.O.Zr/c1-17(2)15-13-11-9-7-5-3-4-6-8-10-12-14-16-18(19)20;2*8-7-3-1-6(5-9)2-4-7;1-3(2)4;;/h17H,3-16H2,1-2H3,(H,19,20);2*1-4H,8H2;3H,1-2H3;;/q;;;-1;;+2/p-1. The van der Waals surface area contributed by atoms with Gasteiger partial charge in [0.2, 0.25) is 0 Å². The predicted octanol–water partition coefficient (Wildman–Crippen LogP) is 8.78. The Labute approximate surface area is 266 Å². The van der Waals surface area contributed by atoms with E-state index in [2.05, 4.69) is 13.8 Å². The Bertz CT molecular complexity index is 1190. The number of nitrogen functional groups attached to an aromatic ring is 2. The molecule has 0 aliphatic rings. The van der Waals surface area contributed by atoms with Gasteiger partial charge in [-0.25, -0.2) is 0 Å². The molecule has 0 aromatic heterocycles. The number of benzene rings is 2. The Morgan fingerprint density at radius 3 is 1.34 bits per heavy atom. The van der Waals surface area contributed by atoms with Crippen LogP contribution in [-0.2, 0) is 32.9 Å². The average molecular weight is 690 g/mol. The summed E-state index contributed by atoms with van der Waals surface area (Å²) in [5.74, 6) is -0.0828. The van der Waals surface area contributed by atoms with Gasteiger partial charge in [0.05, 0.1) is 0 Å². The number of hydrogen-bond donors (Lipinski definition) is 2. The molecule has 0 fully saturated rings. The second-order valence-electron chi connectivity index (χ2n) is 12.7. The molecule has 0 spiro atoms. The molecule has 0 unspecified atom stereocenters. The Morgan fingerprint density at radius 1 is 0.614 bits per heavy atom. The van der Waals surface area contributed by atoms with E-state index >= 15 is 2.81 Å². The van der Waals surface area contributed by atoms with Crippen molar-refractivity contribution in [1.29, 1.82) is 0 Å². The van der Waals surface area contributed by atoms with Crippen LogP contribution >= 0.6 is 0 Å². The molecule has 0 bridgehead atoms. The van der Waals surface area contributed by atoms with Crippen LogP contribution < -0.4 is 11.5 Å². The first-order valence-electron chi connectivity index (χ1n) is 16.5. The topological polar surface area (TPSA) is 139 Å². The third-order valence-electron chi connectivity index (χ3n) is 7.79. The molecule has 2 aromatic carbocycles. The summed E-state index contributed by atoms with van der Waals surface area (Å²) in [7, 11) is 0. The van der Waals surface area contributed by atoms with Gasteiger partial charge in [-0.3, -0.25) is 0 Å². The summed E-state index contributed by atoms with van der Waals surface area (Å²) >= 11 is -7.45. The van der Waals surface area contributed by atoms with Crippen LogP contribution in [-0.4, -0.2) is 19.1 Å². The zero-order valence-corrected chi connectivity index (χ0v) is 29.7. The van der Waals surface area contributed by atoms with E-state index in [4.69, 9.17) is 17.1 Å². The maximum atomic E-state index is 15.0. The summed E-state index contributed by atoms with van der Waals surface area (Å²) in [6.45, 7) is 7.64. The van der Waals surface area contributed by atoms with E-state index in [-0.39, 0.29) is 17.5 Å². The molecular weight excluding hydrogens is 636 g/mol. The Morgan fingerprint density at radius 2 is 0.977 bits per heavy atom. The zero-order chi connectivity index (χ0) is 32.6. The monoisotopic (exact) mass is 688 g/mol. The van der Waals surface area contributed by atoms with E-state index < -0.39 is 38.7 Å². The van der Waals surface area contributed by atoms with E-state index in [0.29, 0.717) is 17.8 Å². The fraction of sp³-hybridized carbons (Fsp3) is 0.571. The van der Waals surface area contributed by atoms with Gasteiger partial charge in [0.1, 0.15) is 0 Å². The van der Waals surface area contributed by atoms with Crippen LogP contribution in [0, 0.1) is 5.92 Å². The second kappa shape index (κ2) is 18.5. The van der Waals surface area contributed by atoms with Gasteiger partial charge in [0.15, 0.2) is 0 Å². The van der Waals surface area contributed by atoms with Crippen LogP contribution in [0.1, 0.15) is 138 Å². The van der Waals surface area contributed by atoms with Crippen LogP contribution in [0.2, 0.25) is 0 Å². The molecule has 0 saturated heterocycles. The first kappa shape index (κ1) is 37.7. The molecular formula is C35H54N2O6Zr. The molecule has 0 atom stereocenters. The molecule has 0 aliphatic heterocycles. The molecule has 9 heteroatoms. The average Bonchev–Trinajstić information content (AvgIpc) is 2.97. The fourth-order valence-electron chi connectivity index (χ4n) is 5.37. The number of nitrogens with two attached hydrogens (primary N) is 2. The van der Waals surface area contributed by atoms with Gasteiger partial charge in [-0.2, -0.15) is 0 Å². The van der Waals surface area contributed by atoms with Gasteiger partial charge in [-0.05, 0) is 5.92 Å². The summed E-state index contributed by atoms with van der Waals surface area (Å²) in [5.41, 5.74) is 12.1. The van der Waals surface area contributed by atoms with Crippen LogP contribution in [0.3, 0.4) is 0 Å². The second-order valence-corrected chi connectivity index (χ2v) is 20.9. The van der Waals surface area contributed by atoms with Crippen molar-refractivity contribution in [3.05, 3.63) is 59.7 Å². The molecule has 4 N–H and O–H groups in total. The van der Waals surface area contributed by atoms with Gasteiger partial charge in [0, 0.05) is 0 Å². The molecule has 0 aliphatic carbocycles. The molecule has 0 radical (unpaired) electrons. The SMILES string of the molecule is CC(C)CCCCCCCCCCCCCCC(=O)[O][Zr](=[O])([O]C(C)C)([C](=O)c1ccc(N)cc1)[C](=O)c1ccc(N)cc1. The van der Waals surface area contributed by atoms with Crippen molar-refractivity contribution in [2.45, 2.75) is 124 Å². The van der Waals surface area contributed by atoms with E-state index in [0.717, 1.165) is 31.6 Å². The van der Waals surface area contributed by atoms with E-state index in [1.807, 2.05) is 0 Å². The molecule has 0 saturated carbocycles. The fourth-order valence-corrected chi connectivity index (χ4v) is 13.6. The molecule has 8 nitrogen and oxygen atoms in total. The van der Waals surface area contributed by atoms with Crippen molar-refractivity contribution in [3.63, 3.8) is 0 Å². The number of carbonyl (C=O) groups excluding carboxylic acids is 3. The maximum absolute atomic E-state index is 15.0. The Balaban J connectivity index is 1.98. The normalized spacial score (nSPS) is 12.1. The Kier molecular flexibility index (Phi) is 15.8. The number of carbonyl (C=O) groups is 3. The van der Waals surface area contributed by atoms with Crippen molar-refractivity contribution in [3.8, 4) is 0 Å². The van der Waals surface area contributed by atoms with E-state index in [1.165, 1.54) is 99.9 Å². The van der Waals surface area contributed by atoms with Crippen molar-refractivity contribution in [1.82, 2.24) is 0 Å². The first-order chi connectivity index (χ1) is 20.9. The third kappa shape index (κ3) is 11.8. The predicted molar refractivity (Wildman–Crippen MR) is 173 cm³/mol. The van der Waals surface area contributed by atoms with Gasteiger partial charge in [-0.1, -0.05) is 39.5 Å². The van der Waals surface area contributed by atoms with E-state index in [1.54, 1.807) is 13.8 Å². The molecule has 0 heterocycles. The zero-order valence-electron chi connectivity index (χ0n) is 27.3. The summed E-state index contributed by atoms with van der Waals surface area (Å²) in [6, 6.07) is 11.2. The van der Waals surface area contributed by atoms with Crippen molar-refractivity contribution in [2.24, 2.45) is 5.92 Å². The minimum absolute atomic E-state index is 0.0750. The molecule has 0 amide bonds. The van der Waals surface area contributed by atoms with Gasteiger partial charge in [-0.15, -0.1) is 0 Å². The third-order valence-corrected chi connectivity index (χ3v) is 16.7. The van der Waals surface area contributed by atoms with Crippen LogP contribution in [0.4, 0.5) is 11.4 Å². The van der Waals surface area contributed by atoms with Crippen LogP contribution in [0.5, 0.6) is 0 Å². The van der Waals surface area contributed by atoms with Gasteiger partial charge < -0.3 is 0 Å². The summed E-state index contributed by atoms with van der Waals surface area (Å²) < 4.78 is 24.1. The van der Waals surface area contributed by atoms with Crippen molar-refractivity contribution >= 4 is 24.3 Å². The Hall–Kier alpha value is -2.51. The summed E-state index contributed by atoms with van der Waals surface area (Å²) in [4.78, 5) is 41.1. The minimum atomic E-state index is -7.45. The van der Waals surface area contributed by atoms with Crippen LogP contribution in [0.25, 0.3) is 0 Å². The van der Waals surface area contributed by atoms with E-state index in [9.17, 15) is 14.4 Å². The molecule has 44 heavy (non-hydrogen) atoms. The molecule has 2 aromatic rings.